The molecule has 2 heteroatoms. The molecule has 0 saturated heterocycles. The van der Waals surface area contributed by atoms with Crippen LogP contribution in [0.15, 0.2) is 84.9 Å². The Morgan fingerprint density at radius 1 is 0.417 bits per heavy atom. The van der Waals surface area contributed by atoms with Gasteiger partial charge in [-0.25, -0.2) is 0 Å². The summed E-state index contributed by atoms with van der Waals surface area (Å²) in [5.41, 5.74) is 5.14. The molecule has 0 amide bonds. The minimum Gasteiger partial charge on any atom is -0.0622 e. The molecule has 0 unspecified atom stereocenters. The highest BCUT2D eigenvalue weighted by Gasteiger charge is 2.12. The summed E-state index contributed by atoms with van der Waals surface area (Å²) in [5, 5.41) is 2.64. The van der Waals surface area contributed by atoms with Gasteiger partial charge < -0.3 is 0 Å². The molecule has 0 saturated carbocycles. The van der Waals surface area contributed by atoms with Crippen molar-refractivity contribution in [2.24, 2.45) is 0 Å². The zero-order chi connectivity index (χ0) is 16.5. The van der Waals surface area contributed by atoms with Crippen molar-refractivity contribution in [1.29, 1.82) is 0 Å². The van der Waals surface area contributed by atoms with Crippen LogP contribution in [0.4, 0.5) is 0 Å². The Kier molecular flexibility index (Phi) is 4.59. The average Bonchev–Trinajstić information content (AvgIpc) is 2.64. The number of halogens is 2. The molecule has 4 aromatic rings. The zero-order valence-corrected chi connectivity index (χ0v) is 17.2. The van der Waals surface area contributed by atoms with Gasteiger partial charge in [0.15, 0.2) is 0 Å². The molecule has 0 bridgehead atoms. The van der Waals surface area contributed by atoms with Crippen molar-refractivity contribution in [3.63, 3.8) is 0 Å². The molecule has 0 fully saturated rings. The van der Waals surface area contributed by atoms with Crippen molar-refractivity contribution >= 4 is 56.0 Å². The maximum absolute atomic E-state index is 2.48. The van der Waals surface area contributed by atoms with Crippen molar-refractivity contribution in [3.05, 3.63) is 92.1 Å². The normalized spacial score (nSPS) is 10.9. The van der Waals surface area contributed by atoms with Crippen LogP contribution in [0.5, 0.6) is 0 Å². The van der Waals surface area contributed by atoms with Gasteiger partial charge in [0.25, 0.3) is 0 Å². The fraction of sp³-hybridized carbons (Fsp3) is 0. The maximum atomic E-state index is 2.48. The molecule has 0 aliphatic heterocycles. The molecule has 0 radical (unpaired) electrons. The lowest BCUT2D eigenvalue weighted by Gasteiger charge is -2.13. The molecule has 4 rings (SSSR count). The first-order valence-electron chi connectivity index (χ1n) is 7.77. The molecule has 0 atom stereocenters. The molecule has 0 aromatic heterocycles. The quantitative estimate of drug-likeness (QED) is 0.237. The summed E-state index contributed by atoms with van der Waals surface area (Å²) in [7, 11) is 0. The van der Waals surface area contributed by atoms with E-state index in [1.807, 2.05) is 0 Å². The average molecular weight is 532 g/mol. The van der Waals surface area contributed by atoms with Gasteiger partial charge in [-0.05, 0) is 78.2 Å². The number of benzene rings is 4. The van der Waals surface area contributed by atoms with E-state index < -0.39 is 0 Å². The minimum absolute atomic E-state index is 1.27. The fourth-order valence-corrected chi connectivity index (χ4v) is 4.94. The fourth-order valence-electron chi connectivity index (χ4n) is 3.01. The van der Waals surface area contributed by atoms with Gasteiger partial charge >= 0.3 is 0 Å². The Hall–Kier alpha value is -1.40. The number of hydrogen-bond acceptors (Lipinski definition) is 0. The molecular formula is C22H14I2. The van der Waals surface area contributed by atoms with E-state index in [4.69, 9.17) is 0 Å². The predicted octanol–water partition coefficient (Wildman–Crippen LogP) is 7.38. The van der Waals surface area contributed by atoms with Crippen LogP contribution in [0.3, 0.4) is 0 Å². The Labute approximate surface area is 169 Å². The van der Waals surface area contributed by atoms with Gasteiger partial charge in [0.1, 0.15) is 0 Å². The molecule has 4 aromatic carbocycles. The van der Waals surface area contributed by atoms with E-state index in [2.05, 4.69) is 130 Å². The summed E-state index contributed by atoms with van der Waals surface area (Å²) in [5.74, 6) is 0. The molecule has 24 heavy (non-hydrogen) atoms. The van der Waals surface area contributed by atoms with Crippen LogP contribution >= 0.6 is 45.2 Å². The summed E-state index contributed by atoms with van der Waals surface area (Å²) < 4.78 is 2.63. The van der Waals surface area contributed by atoms with E-state index >= 15 is 0 Å². The lowest BCUT2D eigenvalue weighted by molar-refractivity contribution is 1.59. The number of fused-ring (bicyclic) bond motifs is 1. The minimum atomic E-state index is 1.27. The first-order valence-corrected chi connectivity index (χ1v) is 9.93. The van der Waals surface area contributed by atoms with E-state index in [0.29, 0.717) is 0 Å². The van der Waals surface area contributed by atoms with Crippen LogP contribution in [0.25, 0.3) is 33.0 Å². The molecule has 0 nitrogen and oxygen atoms in total. The van der Waals surface area contributed by atoms with Gasteiger partial charge in [-0.3, -0.25) is 0 Å². The van der Waals surface area contributed by atoms with Crippen LogP contribution in [-0.2, 0) is 0 Å². The molecule has 0 heterocycles. The summed E-state index contributed by atoms with van der Waals surface area (Å²) in [6.07, 6.45) is 0. The Morgan fingerprint density at radius 3 is 1.17 bits per heavy atom. The smallest absolute Gasteiger partial charge is 0.0287 e. The monoisotopic (exact) mass is 532 g/mol. The Morgan fingerprint density at radius 2 is 0.792 bits per heavy atom. The van der Waals surface area contributed by atoms with Gasteiger partial charge in [-0.15, -0.1) is 0 Å². The van der Waals surface area contributed by atoms with Crippen molar-refractivity contribution in [2.45, 2.75) is 0 Å². The molecule has 0 spiro atoms. The summed E-state index contributed by atoms with van der Waals surface area (Å²) in [6.45, 7) is 0. The molecule has 0 aliphatic rings. The van der Waals surface area contributed by atoms with Crippen molar-refractivity contribution in [3.8, 4) is 22.3 Å². The van der Waals surface area contributed by atoms with Gasteiger partial charge in [-0.1, -0.05) is 84.9 Å². The predicted molar refractivity (Wildman–Crippen MR) is 120 cm³/mol. The second-order valence-electron chi connectivity index (χ2n) is 5.68. The number of hydrogen-bond donors (Lipinski definition) is 0. The maximum Gasteiger partial charge on any atom is 0.0287 e. The van der Waals surface area contributed by atoms with Gasteiger partial charge in [-0.2, -0.15) is 0 Å². The SMILES string of the molecule is Ic1c(-c2ccccc2)ccc2c(I)c(-c3ccccc3)ccc12. The van der Waals surface area contributed by atoms with Crippen LogP contribution in [0, 0.1) is 7.14 Å². The van der Waals surface area contributed by atoms with Gasteiger partial charge in [0.2, 0.25) is 0 Å². The van der Waals surface area contributed by atoms with Crippen LogP contribution in [0.1, 0.15) is 0 Å². The molecule has 0 N–H and O–H groups in total. The zero-order valence-electron chi connectivity index (χ0n) is 12.8. The number of rotatable bonds is 2. The Balaban J connectivity index is 1.93. The summed E-state index contributed by atoms with van der Waals surface area (Å²) >= 11 is 4.96. The summed E-state index contributed by atoms with van der Waals surface area (Å²) in [6, 6.07) is 30.2. The van der Waals surface area contributed by atoms with E-state index in [1.54, 1.807) is 0 Å². The second kappa shape index (κ2) is 6.84. The van der Waals surface area contributed by atoms with Gasteiger partial charge in [0, 0.05) is 7.14 Å². The van der Waals surface area contributed by atoms with Crippen molar-refractivity contribution in [2.75, 3.05) is 0 Å². The Bertz CT molecular complexity index is 921. The van der Waals surface area contributed by atoms with Crippen LogP contribution in [-0.4, -0.2) is 0 Å². The lowest BCUT2D eigenvalue weighted by Crippen LogP contribution is -1.90. The summed E-state index contributed by atoms with van der Waals surface area (Å²) in [4.78, 5) is 0. The molecular weight excluding hydrogens is 518 g/mol. The van der Waals surface area contributed by atoms with E-state index in [0.717, 1.165) is 0 Å². The van der Waals surface area contributed by atoms with Gasteiger partial charge in [0.05, 0.1) is 0 Å². The highest BCUT2D eigenvalue weighted by Crippen LogP contribution is 2.37. The third-order valence-corrected chi connectivity index (χ3v) is 6.56. The standard InChI is InChI=1S/C22H14I2/c23-21-17(15-7-3-1-4-8-15)11-13-20-19(21)14-12-18(22(20)24)16-9-5-2-6-10-16/h1-14H. The molecule has 0 aliphatic carbocycles. The highest BCUT2D eigenvalue weighted by molar-refractivity contribution is 14.1. The van der Waals surface area contributed by atoms with Crippen molar-refractivity contribution in [1.82, 2.24) is 0 Å². The highest BCUT2D eigenvalue weighted by atomic mass is 127. The lowest BCUT2D eigenvalue weighted by atomic mass is 9.98. The molecule has 116 valence electrons. The first-order chi connectivity index (χ1) is 11.8. The van der Waals surface area contributed by atoms with E-state index in [1.165, 1.54) is 40.2 Å². The van der Waals surface area contributed by atoms with Crippen LogP contribution in [0.2, 0.25) is 0 Å². The van der Waals surface area contributed by atoms with Crippen molar-refractivity contribution < 1.29 is 0 Å². The van der Waals surface area contributed by atoms with Crippen LogP contribution < -0.4 is 0 Å². The largest absolute Gasteiger partial charge is 0.0622 e. The second-order valence-corrected chi connectivity index (χ2v) is 7.84. The third-order valence-electron chi connectivity index (χ3n) is 4.24. The van der Waals surface area contributed by atoms with E-state index in [9.17, 15) is 0 Å². The third kappa shape index (κ3) is 2.86. The first kappa shape index (κ1) is 16.1. The topological polar surface area (TPSA) is 0 Å². The van der Waals surface area contributed by atoms with E-state index in [-0.39, 0.29) is 0 Å².